The van der Waals surface area contributed by atoms with Crippen molar-refractivity contribution in [2.75, 3.05) is 5.88 Å². The van der Waals surface area contributed by atoms with Crippen molar-refractivity contribution in [3.8, 4) is 0 Å². The first-order chi connectivity index (χ1) is 7.06. The molecule has 0 spiro atoms. The molecule has 1 aromatic rings. The lowest BCUT2D eigenvalue weighted by Crippen LogP contribution is -2.19. The van der Waals surface area contributed by atoms with Crippen LogP contribution in [-0.2, 0) is 0 Å². The molecule has 0 amide bonds. The second-order valence-corrected chi connectivity index (χ2v) is 4.31. The standard InChI is InChI=1S/C11H14Cl2O2/c1-7-2-3-8(13)6-9(7)11(15)10(14)4-5-12/h2-3,6,10-11,14-15H,4-5H2,1H3. The van der Waals surface area contributed by atoms with Gasteiger partial charge in [0.05, 0.1) is 6.10 Å². The normalized spacial score (nSPS) is 15.0. The summed E-state index contributed by atoms with van der Waals surface area (Å²) in [6, 6.07) is 5.23. The molecular formula is C11H14Cl2O2. The molecule has 84 valence electrons. The Morgan fingerprint density at radius 3 is 2.60 bits per heavy atom. The average Bonchev–Trinajstić information content (AvgIpc) is 2.21. The minimum atomic E-state index is -0.928. The van der Waals surface area contributed by atoms with Gasteiger partial charge in [0.25, 0.3) is 0 Å². The van der Waals surface area contributed by atoms with Gasteiger partial charge in [0.1, 0.15) is 6.10 Å². The third-order valence-electron chi connectivity index (χ3n) is 2.33. The van der Waals surface area contributed by atoms with E-state index in [4.69, 9.17) is 23.2 Å². The fourth-order valence-electron chi connectivity index (χ4n) is 1.41. The highest BCUT2D eigenvalue weighted by atomic mass is 35.5. The molecule has 0 aliphatic heterocycles. The smallest absolute Gasteiger partial charge is 0.105 e. The predicted molar refractivity (Wildman–Crippen MR) is 62.5 cm³/mol. The lowest BCUT2D eigenvalue weighted by Gasteiger charge is -2.19. The van der Waals surface area contributed by atoms with Crippen LogP contribution in [0.25, 0.3) is 0 Å². The van der Waals surface area contributed by atoms with Gasteiger partial charge in [-0.15, -0.1) is 11.6 Å². The van der Waals surface area contributed by atoms with E-state index in [9.17, 15) is 10.2 Å². The Morgan fingerprint density at radius 1 is 1.33 bits per heavy atom. The van der Waals surface area contributed by atoms with Crippen molar-refractivity contribution >= 4 is 23.2 Å². The highest BCUT2D eigenvalue weighted by Crippen LogP contribution is 2.25. The highest BCUT2D eigenvalue weighted by molar-refractivity contribution is 6.30. The van der Waals surface area contributed by atoms with E-state index in [0.29, 0.717) is 22.9 Å². The molecule has 0 aromatic heterocycles. The van der Waals surface area contributed by atoms with Crippen LogP contribution in [0.15, 0.2) is 18.2 Å². The van der Waals surface area contributed by atoms with Crippen LogP contribution in [0.4, 0.5) is 0 Å². The van der Waals surface area contributed by atoms with E-state index in [0.717, 1.165) is 5.56 Å². The van der Waals surface area contributed by atoms with Crippen LogP contribution in [0.3, 0.4) is 0 Å². The molecule has 2 N–H and O–H groups in total. The van der Waals surface area contributed by atoms with E-state index >= 15 is 0 Å². The fraction of sp³-hybridized carbons (Fsp3) is 0.455. The van der Waals surface area contributed by atoms with Gasteiger partial charge in [0.15, 0.2) is 0 Å². The lowest BCUT2D eigenvalue weighted by atomic mass is 9.98. The van der Waals surface area contributed by atoms with Gasteiger partial charge in [-0.05, 0) is 36.6 Å². The number of aliphatic hydroxyl groups is 2. The van der Waals surface area contributed by atoms with Gasteiger partial charge >= 0.3 is 0 Å². The second-order valence-electron chi connectivity index (χ2n) is 3.49. The number of benzene rings is 1. The van der Waals surface area contributed by atoms with Gasteiger partial charge < -0.3 is 10.2 Å². The quantitative estimate of drug-likeness (QED) is 0.805. The summed E-state index contributed by atoms with van der Waals surface area (Å²) in [6.07, 6.45) is -1.42. The predicted octanol–water partition coefficient (Wildman–Crippen LogP) is 2.67. The van der Waals surface area contributed by atoms with Crippen LogP contribution >= 0.6 is 23.2 Å². The molecule has 2 atom stereocenters. The molecule has 2 unspecified atom stereocenters. The van der Waals surface area contributed by atoms with Crippen LogP contribution in [0.1, 0.15) is 23.7 Å². The number of rotatable bonds is 4. The number of alkyl halides is 1. The molecule has 0 heterocycles. The van der Waals surface area contributed by atoms with Crippen LogP contribution < -0.4 is 0 Å². The number of halogens is 2. The van der Waals surface area contributed by atoms with Crippen molar-refractivity contribution < 1.29 is 10.2 Å². The molecular weight excluding hydrogens is 235 g/mol. The molecule has 0 saturated heterocycles. The van der Waals surface area contributed by atoms with E-state index in [1.54, 1.807) is 12.1 Å². The maximum absolute atomic E-state index is 9.86. The van der Waals surface area contributed by atoms with E-state index in [-0.39, 0.29) is 0 Å². The van der Waals surface area contributed by atoms with E-state index in [1.165, 1.54) is 0 Å². The maximum Gasteiger partial charge on any atom is 0.105 e. The van der Waals surface area contributed by atoms with Crippen LogP contribution in [0, 0.1) is 6.92 Å². The van der Waals surface area contributed by atoms with Crippen molar-refractivity contribution in [1.82, 2.24) is 0 Å². The largest absolute Gasteiger partial charge is 0.390 e. The Labute approximate surface area is 99.5 Å². The van der Waals surface area contributed by atoms with Crippen LogP contribution in [0.2, 0.25) is 5.02 Å². The molecule has 0 radical (unpaired) electrons. The SMILES string of the molecule is Cc1ccc(Cl)cc1C(O)C(O)CCCl. The van der Waals surface area contributed by atoms with Crippen molar-refractivity contribution in [2.45, 2.75) is 25.6 Å². The van der Waals surface area contributed by atoms with Gasteiger partial charge in [-0.1, -0.05) is 17.7 Å². The summed E-state index contributed by atoms with van der Waals surface area (Å²) in [5.41, 5.74) is 1.56. The Morgan fingerprint density at radius 2 is 2.00 bits per heavy atom. The lowest BCUT2D eigenvalue weighted by molar-refractivity contribution is 0.0166. The summed E-state index contributed by atoms with van der Waals surface area (Å²) in [6.45, 7) is 1.86. The van der Waals surface area contributed by atoms with Crippen LogP contribution in [-0.4, -0.2) is 22.2 Å². The molecule has 0 fully saturated rings. The number of aryl methyl sites for hydroxylation is 1. The summed E-state index contributed by atoms with van der Waals surface area (Å²) < 4.78 is 0. The first kappa shape index (κ1) is 12.8. The Kier molecular flexibility index (Phi) is 4.87. The molecule has 1 aromatic carbocycles. The van der Waals surface area contributed by atoms with Gasteiger partial charge in [0.2, 0.25) is 0 Å². The molecule has 0 aliphatic carbocycles. The first-order valence-electron chi connectivity index (χ1n) is 4.74. The fourth-order valence-corrected chi connectivity index (χ4v) is 1.81. The van der Waals surface area contributed by atoms with Gasteiger partial charge in [0, 0.05) is 10.9 Å². The zero-order valence-electron chi connectivity index (χ0n) is 8.45. The summed E-state index contributed by atoms with van der Waals surface area (Å²) in [5, 5.41) is 20.0. The number of hydrogen-bond donors (Lipinski definition) is 2. The summed E-state index contributed by atoms with van der Waals surface area (Å²) in [4.78, 5) is 0. The van der Waals surface area contributed by atoms with E-state index in [2.05, 4.69) is 0 Å². The second kappa shape index (κ2) is 5.71. The van der Waals surface area contributed by atoms with E-state index in [1.807, 2.05) is 13.0 Å². The third kappa shape index (κ3) is 3.35. The number of aliphatic hydroxyl groups excluding tert-OH is 2. The number of hydrogen-bond acceptors (Lipinski definition) is 2. The average molecular weight is 249 g/mol. The van der Waals surface area contributed by atoms with Crippen molar-refractivity contribution in [3.63, 3.8) is 0 Å². The summed E-state index contributed by atoms with van der Waals surface area (Å²) >= 11 is 11.3. The van der Waals surface area contributed by atoms with Gasteiger partial charge in [-0.25, -0.2) is 0 Å². The first-order valence-corrected chi connectivity index (χ1v) is 5.65. The molecule has 15 heavy (non-hydrogen) atoms. The highest BCUT2D eigenvalue weighted by Gasteiger charge is 2.19. The van der Waals surface area contributed by atoms with E-state index < -0.39 is 12.2 Å². The third-order valence-corrected chi connectivity index (χ3v) is 2.78. The van der Waals surface area contributed by atoms with Crippen molar-refractivity contribution in [3.05, 3.63) is 34.3 Å². The topological polar surface area (TPSA) is 40.5 Å². The van der Waals surface area contributed by atoms with Gasteiger partial charge in [-0.2, -0.15) is 0 Å². The molecule has 2 nitrogen and oxygen atoms in total. The molecule has 0 saturated carbocycles. The van der Waals surface area contributed by atoms with Crippen LogP contribution in [0.5, 0.6) is 0 Å². The monoisotopic (exact) mass is 248 g/mol. The Hall–Kier alpha value is -0.280. The zero-order chi connectivity index (χ0) is 11.4. The molecule has 0 aliphatic rings. The minimum Gasteiger partial charge on any atom is -0.390 e. The summed E-state index contributed by atoms with van der Waals surface area (Å²) in [5.74, 6) is 0.317. The van der Waals surface area contributed by atoms with Crippen molar-refractivity contribution in [2.24, 2.45) is 0 Å². The zero-order valence-corrected chi connectivity index (χ0v) is 9.96. The van der Waals surface area contributed by atoms with Gasteiger partial charge in [-0.3, -0.25) is 0 Å². The molecule has 1 rings (SSSR count). The van der Waals surface area contributed by atoms with Crippen molar-refractivity contribution in [1.29, 1.82) is 0 Å². The Balaban J connectivity index is 2.89. The minimum absolute atomic E-state index is 0.317. The molecule has 4 heteroatoms. The molecule has 0 bridgehead atoms. The Bertz CT molecular complexity index is 328. The summed E-state index contributed by atoms with van der Waals surface area (Å²) in [7, 11) is 0. The maximum atomic E-state index is 9.86.